The van der Waals surface area contributed by atoms with Crippen molar-refractivity contribution in [3.8, 4) is 0 Å². The predicted octanol–water partition coefficient (Wildman–Crippen LogP) is 3.24. The van der Waals surface area contributed by atoms with Crippen LogP contribution in [0, 0.1) is 13.8 Å². The van der Waals surface area contributed by atoms with Crippen molar-refractivity contribution >= 4 is 11.8 Å². The molecule has 1 heterocycles. The summed E-state index contributed by atoms with van der Waals surface area (Å²) in [7, 11) is 0. The first-order valence-corrected chi connectivity index (χ1v) is 7.37. The molecule has 100 valence electrons. The van der Waals surface area contributed by atoms with Crippen LogP contribution in [0.5, 0.6) is 0 Å². The minimum atomic E-state index is -0.0294. The predicted molar refractivity (Wildman–Crippen MR) is 79.7 cm³/mol. The van der Waals surface area contributed by atoms with E-state index in [4.69, 9.17) is 0 Å². The fourth-order valence-corrected chi connectivity index (χ4v) is 2.64. The van der Waals surface area contributed by atoms with E-state index in [1.807, 2.05) is 13.8 Å². The van der Waals surface area contributed by atoms with Gasteiger partial charge in [0.15, 0.2) is 5.16 Å². The van der Waals surface area contributed by atoms with Crippen LogP contribution in [0.25, 0.3) is 0 Å². The molecule has 1 aromatic heterocycles. The van der Waals surface area contributed by atoms with Gasteiger partial charge in [-0.15, -0.1) is 0 Å². The summed E-state index contributed by atoms with van der Waals surface area (Å²) < 4.78 is 0. The van der Waals surface area contributed by atoms with Crippen molar-refractivity contribution in [2.75, 3.05) is 0 Å². The number of aryl methyl sites for hydroxylation is 2. The highest BCUT2D eigenvalue weighted by Gasteiger charge is 2.06. The molecule has 0 saturated carbocycles. The van der Waals surface area contributed by atoms with Gasteiger partial charge in [0.1, 0.15) is 0 Å². The lowest BCUT2D eigenvalue weighted by molar-refractivity contribution is 0.847. The summed E-state index contributed by atoms with van der Waals surface area (Å²) in [6.45, 7) is 5.91. The molecule has 2 aromatic rings. The van der Waals surface area contributed by atoms with Crippen molar-refractivity contribution < 1.29 is 0 Å². The fourth-order valence-electron chi connectivity index (χ4n) is 1.80. The number of hydrogen-bond acceptors (Lipinski definition) is 3. The number of benzene rings is 1. The first kappa shape index (κ1) is 13.9. The van der Waals surface area contributed by atoms with E-state index in [1.54, 1.807) is 11.8 Å². The second-order valence-corrected chi connectivity index (χ2v) is 5.53. The molecule has 0 fully saturated rings. The lowest BCUT2D eigenvalue weighted by Gasteiger charge is -2.06. The second-order valence-electron chi connectivity index (χ2n) is 4.57. The smallest absolute Gasteiger partial charge is 0.254 e. The first-order valence-electron chi connectivity index (χ1n) is 6.38. The van der Waals surface area contributed by atoms with Crippen LogP contribution < -0.4 is 5.56 Å². The summed E-state index contributed by atoms with van der Waals surface area (Å²) in [5, 5.41) is 0.702. The molecule has 0 atom stereocenters. The van der Waals surface area contributed by atoms with Gasteiger partial charge in [-0.3, -0.25) is 4.79 Å². The highest BCUT2D eigenvalue weighted by molar-refractivity contribution is 7.98. The summed E-state index contributed by atoms with van der Waals surface area (Å²) in [4.78, 5) is 19.1. The van der Waals surface area contributed by atoms with Crippen LogP contribution in [0.3, 0.4) is 0 Å². The number of H-pyrrole nitrogens is 1. The van der Waals surface area contributed by atoms with Crippen LogP contribution in [0.4, 0.5) is 0 Å². The lowest BCUT2D eigenvalue weighted by Crippen LogP contribution is -2.15. The number of nitrogens with zero attached hydrogens (tertiary/aromatic N) is 1. The summed E-state index contributed by atoms with van der Waals surface area (Å²) in [6.07, 6.45) is 0.786. The fraction of sp³-hybridized carbons (Fsp3) is 0.333. The zero-order valence-corrected chi connectivity index (χ0v) is 12.3. The molecule has 0 amide bonds. The summed E-state index contributed by atoms with van der Waals surface area (Å²) in [5.41, 5.74) is 4.07. The monoisotopic (exact) mass is 274 g/mol. The summed E-state index contributed by atoms with van der Waals surface area (Å²) >= 11 is 1.57. The number of thioether (sulfide) groups is 1. The second kappa shape index (κ2) is 6.06. The zero-order chi connectivity index (χ0) is 13.8. The molecule has 19 heavy (non-hydrogen) atoms. The maximum Gasteiger partial charge on any atom is 0.254 e. The Bertz CT molecular complexity index is 617. The van der Waals surface area contributed by atoms with E-state index in [0.29, 0.717) is 5.16 Å². The number of nitrogens with one attached hydrogen (secondary N) is 1. The first-order chi connectivity index (χ1) is 9.10. The van der Waals surface area contributed by atoms with E-state index in [0.717, 1.165) is 23.4 Å². The van der Waals surface area contributed by atoms with Gasteiger partial charge in [0.05, 0.1) is 5.69 Å². The van der Waals surface area contributed by atoms with Gasteiger partial charge in [-0.25, -0.2) is 4.98 Å². The van der Waals surface area contributed by atoms with Crippen LogP contribution in [0.15, 0.2) is 34.2 Å². The average molecular weight is 274 g/mol. The third kappa shape index (κ3) is 3.47. The minimum Gasteiger partial charge on any atom is -0.301 e. The van der Waals surface area contributed by atoms with Crippen LogP contribution in [0.2, 0.25) is 0 Å². The molecule has 0 aliphatic heterocycles. The topological polar surface area (TPSA) is 45.8 Å². The van der Waals surface area contributed by atoms with E-state index in [1.165, 1.54) is 11.1 Å². The third-order valence-electron chi connectivity index (χ3n) is 3.06. The largest absolute Gasteiger partial charge is 0.301 e. The Morgan fingerprint density at radius 2 is 1.89 bits per heavy atom. The summed E-state index contributed by atoms with van der Waals surface area (Å²) in [6, 6.07) is 8.40. The number of aromatic amines is 1. The molecule has 0 bridgehead atoms. The van der Waals surface area contributed by atoms with Gasteiger partial charge in [0.2, 0.25) is 0 Å². The van der Waals surface area contributed by atoms with Gasteiger partial charge < -0.3 is 4.98 Å². The van der Waals surface area contributed by atoms with Crippen molar-refractivity contribution in [2.24, 2.45) is 0 Å². The Balaban J connectivity index is 2.13. The van der Waals surface area contributed by atoms with E-state index in [2.05, 4.69) is 41.2 Å². The van der Waals surface area contributed by atoms with Crippen molar-refractivity contribution in [3.05, 3.63) is 57.0 Å². The molecule has 2 rings (SSSR count). The number of aromatic nitrogens is 2. The molecule has 0 aliphatic rings. The Labute approximate surface area is 117 Å². The number of hydrogen-bond donors (Lipinski definition) is 1. The number of rotatable bonds is 4. The maximum absolute atomic E-state index is 11.8. The SMILES string of the molecule is CCc1nc(SCc2ccc(C)cc2)[nH]c(=O)c1C. The van der Waals surface area contributed by atoms with Gasteiger partial charge in [0, 0.05) is 11.3 Å². The Kier molecular flexibility index (Phi) is 4.43. The Hall–Kier alpha value is -1.55. The van der Waals surface area contributed by atoms with Gasteiger partial charge in [-0.05, 0) is 25.8 Å². The highest BCUT2D eigenvalue weighted by atomic mass is 32.2. The normalized spacial score (nSPS) is 10.7. The van der Waals surface area contributed by atoms with Crippen LogP contribution >= 0.6 is 11.8 Å². The molecule has 3 nitrogen and oxygen atoms in total. The van der Waals surface area contributed by atoms with Crippen molar-refractivity contribution in [3.63, 3.8) is 0 Å². The molecule has 1 aromatic carbocycles. The molecule has 0 saturated heterocycles. The van der Waals surface area contributed by atoms with Gasteiger partial charge >= 0.3 is 0 Å². The Morgan fingerprint density at radius 3 is 2.53 bits per heavy atom. The van der Waals surface area contributed by atoms with Gasteiger partial charge in [0.25, 0.3) is 5.56 Å². The van der Waals surface area contributed by atoms with Crippen LogP contribution in [-0.4, -0.2) is 9.97 Å². The zero-order valence-electron chi connectivity index (χ0n) is 11.5. The van der Waals surface area contributed by atoms with Crippen LogP contribution in [-0.2, 0) is 12.2 Å². The van der Waals surface area contributed by atoms with Crippen molar-refractivity contribution in [1.82, 2.24) is 9.97 Å². The third-order valence-corrected chi connectivity index (χ3v) is 4.01. The standard InChI is InChI=1S/C15H18N2OS/c1-4-13-11(3)14(18)17-15(16-13)19-9-12-7-5-10(2)6-8-12/h5-8H,4,9H2,1-3H3,(H,16,17,18). The minimum absolute atomic E-state index is 0.0294. The molecule has 0 aliphatic carbocycles. The van der Waals surface area contributed by atoms with Crippen molar-refractivity contribution in [1.29, 1.82) is 0 Å². The molecule has 0 unspecified atom stereocenters. The molecule has 4 heteroatoms. The quantitative estimate of drug-likeness (QED) is 0.687. The Morgan fingerprint density at radius 1 is 1.21 bits per heavy atom. The van der Waals surface area contributed by atoms with E-state index in [-0.39, 0.29) is 5.56 Å². The lowest BCUT2D eigenvalue weighted by atomic mass is 10.2. The van der Waals surface area contributed by atoms with E-state index < -0.39 is 0 Å². The molecule has 0 spiro atoms. The van der Waals surface area contributed by atoms with Gasteiger partial charge in [-0.2, -0.15) is 0 Å². The maximum atomic E-state index is 11.8. The van der Waals surface area contributed by atoms with E-state index in [9.17, 15) is 4.79 Å². The van der Waals surface area contributed by atoms with Crippen LogP contribution in [0.1, 0.15) is 29.3 Å². The molecule has 1 N–H and O–H groups in total. The highest BCUT2D eigenvalue weighted by Crippen LogP contribution is 2.19. The molecular formula is C15H18N2OS. The summed E-state index contributed by atoms with van der Waals surface area (Å²) in [5.74, 6) is 0.815. The van der Waals surface area contributed by atoms with E-state index >= 15 is 0 Å². The molecular weight excluding hydrogens is 256 g/mol. The van der Waals surface area contributed by atoms with Crippen molar-refractivity contribution in [2.45, 2.75) is 38.1 Å². The van der Waals surface area contributed by atoms with Gasteiger partial charge in [-0.1, -0.05) is 48.5 Å². The molecule has 0 radical (unpaired) electrons. The average Bonchev–Trinajstić information content (AvgIpc) is 2.41.